The molecule has 0 saturated heterocycles. The molecule has 1 aromatic rings. The van der Waals surface area contributed by atoms with Crippen molar-refractivity contribution in [3.63, 3.8) is 0 Å². The molecular weight excluding hydrogens is 364 g/mol. The summed E-state index contributed by atoms with van der Waals surface area (Å²) in [4.78, 5) is 13.3. The minimum Gasteiger partial charge on any atom is -0.490 e. The molecule has 0 N–H and O–H groups in total. The fourth-order valence-corrected chi connectivity index (χ4v) is 4.87. The molecule has 1 aromatic carbocycles. The van der Waals surface area contributed by atoms with Gasteiger partial charge < -0.3 is 9.47 Å². The highest BCUT2D eigenvalue weighted by Gasteiger charge is 2.42. The molecule has 5 heteroatoms. The summed E-state index contributed by atoms with van der Waals surface area (Å²) in [5.74, 6) is 1.86. The first-order valence-corrected chi connectivity index (χ1v) is 11.2. The molecule has 0 bridgehead atoms. The van der Waals surface area contributed by atoms with Crippen molar-refractivity contribution in [1.82, 2.24) is 5.01 Å². The summed E-state index contributed by atoms with van der Waals surface area (Å²) >= 11 is 0. The van der Waals surface area contributed by atoms with Crippen molar-refractivity contribution in [3.05, 3.63) is 35.9 Å². The Balaban J connectivity index is 1.73. The van der Waals surface area contributed by atoms with E-state index in [1.54, 1.807) is 0 Å². The van der Waals surface area contributed by atoms with Crippen LogP contribution in [0.25, 0.3) is 0 Å². The van der Waals surface area contributed by atoms with Crippen molar-refractivity contribution in [1.29, 1.82) is 0 Å². The number of carbonyl (C=O) groups excluding carboxylic acids is 1. The third kappa shape index (κ3) is 4.05. The highest BCUT2D eigenvalue weighted by Crippen LogP contribution is 2.39. The smallest absolute Gasteiger partial charge is 0.247 e. The third-order valence-corrected chi connectivity index (χ3v) is 6.30. The Morgan fingerprint density at radius 2 is 1.66 bits per heavy atom. The molecular formula is C24H32N2O3. The van der Waals surface area contributed by atoms with E-state index >= 15 is 0 Å². The number of hydrazone groups is 1. The Hall–Kier alpha value is -2.30. The summed E-state index contributed by atoms with van der Waals surface area (Å²) in [7, 11) is 0. The van der Waals surface area contributed by atoms with Gasteiger partial charge in [0.2, 0.25) is 5.91 Å². The first-order chi connectivity index (χ1) is 14.2. The molecule has 1 amide bonds. The van der Waals surface area contributed by atoms with E-state index in [0.717, 1.165) is 48.5 Å². The molecule has 0 spiro atoms. The molecule has 5 nitrogen and oxygen atoms in total. The van der Waals surface area contributed by atoms with E-state index < -0.39 is 0 Å². The van der Waals surface area contributed by atoms with E-state index in [1.807, 2.05) is 31.0 Å². The molecule has 2 aliphatic carbocycles. The van der Waals surface area contributed by atoms with Crippen molar-refractivity contribution in [3.8, 4) is 11.5 Å². The molecule has 4 rings (SSSR count). The van der Waals surface area contributed by atoms with Crippen LogP contribution in [0.4, 0.5) is 0 Å². The number of amides is 1. The Bertz CT molecular complexity index is 795. The minimum atomic E-state index is -0.00321. The largest absolute Gasteiger partial charge is 0.490 e. The van der Waals surface area contributed by atoms with Crippen LogP contribution in [0.3, 0.4) is 0 Å². The van der Waals surface area contributed by atoms with Crippen molar-refractivity contribution in [2.75, 3.05) is 13.2 Å². The van der Waals surface area contributed by atoms with Gasteiger partial charge in [-0.25, -0.2) is 5.01 Å². The minimum absolute atomic E-state index is 0.00321. The Kier molecular flexibility index (Phi) is 6.22. The Morgan fingerprint density at radius 1 is 0.966 bits per heavy atom. The summed E-state index contributed by atoms with van der Waals surface area (Å²) in [6.07, 6.45) is 11.8. The van der Waals surface area contributed by atoms with Crippen LogP contribution in [-0.2, 0) is 4.79 Å². The molecule has 156 valence electrons. The second-order valence-corrected chi connectivity index (χ2v) is 8.14. The summed E-state index contributed by atoms with van der Waals surface area (Å²) in [6, 6.07) is 6.32. The van der Waals surface area contributed by atoms with Gasteiger partial charge in [0.25, 0.3) is 0 Å². The number of allylic oxidation sites excluding steroid dienone is 2. The summed E-state index contributed by atoms with van der Waals surface area (Å²) < 4.78 is 11.6. The van der Waals surface area contributed by atoms with Gasteiger partial charge in [0, 0.05) is 11.5 Å². The maximum Gasteiger partial charge on any atom is 0.247 e. The Morgan fingerprint density at radius 3 is 2.38 bits per heavy atom. The van der Waals surface area contributed by atoms with Crippen LogP contribution in [0.15, 0.2) is 35.5 Å². The van der Waals surface area contributed by atoms with Crippen LogP contribution in [0.5, 0.6) is 11.5 Å². The standard InChI is InChI=1S/C24H32N2O3/c1-3-28-21-15-14-17(16-22(21)29-4-2)23-19-12-8-9-13-20(19)24(27)26(25-23)18-10-6-5-7-11-18/h8-9,14-16,18-20H,3-7,10-13H2,1-2H3/t19-,20+/m1/s1. The molecule has 0 radical (unpaired) electrons. The normalized spacial score (nSPS) is 24.8. The van der Waals surface area contributed by atoms with Crippen molar-refractivity contribution in [2.45, 2.75) is 64.8 Å². The Labute approximate surface area is 173 Å². The van der Waals surface area contributed by atoms with E-state index in [0.29, 0.717) is 13.2 Å². The SMILES string of the molecule is CCOc1ccc(C2=NN(C3CCCCC3)C(=O)[C@H]3CC=CC[C@@H]23)cc1OCC. The third-order valence-electron chi connectivity index (χ3n) is 6.30. The van der Waals surface area contributed by atoms with Gasteiger partial charge in [-0.15, -0.1) is 0 Å². The molecule has 0 unspecified atom stereocenters. The van der Waals surface area contributed by atoms with Crippen molar-refractivity contribution in [2.24, 2.45) is 16.9 Å². The lowest BCUT2D eigenvalue weighted by Gasteiger charge is -2.41. The zero-order valence-electron chi connectivity index (χ0n) is 17.6. The molecule has 29 heavy (non-hydrogen) atoms. The first-order valence-electron chi connectivity index (χ1n) is 11.2. The van der Waals surface area contributed by atoms with Crippen LogP contribution < -0.4 is 9.47 Å². The molecule has 1 heterocycles. The summed E-state index contributed by atoms with van der Waals surface area (Å²) in [6.45, 7) is 5.13. The summed E-state index contributed by atoms with van der Waals surface area (Å²) in [5.41, 5.74) is 2.06. The maximum absolute atomic E-state index is 13.3. The van der Waals surface area contributed by atoms with Gasteiger partial charge >= 0.3 is 0 Å². The van der Waals surface area contributed by atoms with Crippen LogP contribution >= 0.6 is 0 Å². The molecule has 2 atom stereocenters. The number of rotatable bonds is 6. The van der Waals surface area contributed by atoms with Crippen LogP contribution in [0.2, 0.25) is 0 Å². The number of fused-ring (bicyclic) bond motifs is 1. The fraction of sp³-hybridized carbons (Fsp3) is 0.583. The van der Waals surface area contributed by atoms with Crippen LogP contribution in [-0.4, -0.2) is 35.9 Å². The van der Waals surface area contributed by atoms with Gasteiger partial charge in [0.15, 0.2) is 11.5 Å². The zero-order valence-corrected chi connectivity index (χ0v) is 17.6. The monoisotopic (exact) mass is 396 g/mol. The lowest BCUT2D eigenvalue weighted by molar-refractivity contribution is -0.141. The van der Waals surface area contributed by atoms with Crippen molar-refractivity contribution < 1.29 is 14.3 Å². The molecule has 0 aromatic heterocycles. The van der Waals surface area contributed by atoms with Gasteiger partial charge in [-0.3, -0.25) is 4.79 Å². The molecule has 1 saturated carbocycles. The number of ether oxygens (including phenoxy) is 2. The van der Waals surface area contributed by atoms with E-state index in [1.165, 1.54) is 19.3 Å². The lowest BCUT2D eigenvalue weighted by Crippen LogP contribution is -2.49. The highest BCUT2D eigenvalue weighted by molar-refractivity contribution is 6.07. The van der Waals surface area contributed by atoms with Crippen LogP contribution in [0, 0.1) is 11.8 Å². The average Bonchev–Trinajstić information content (AvgIpc) is 2.76. The maximum atomic E-state index is 13.3. The average molecular weight is 397 g/mol. The van der Waals surface area contributed by atoms with E-state index in [9.17, 15) is 4.79 Å². The predicted molar refractivity (Wildman–Crippen MR) is 114 cm³/mol. The van der Waals surface area contributed by atoms with Gasteiger partial charge in [0.05, 0.1) is 30.9 Å². The van der Waals surface area contributed by atoms with Gasteiger partial charge in [-0.05, 0) is 57.7 Å². The van der Waals surface area contributed by atoms with E-state index in [4.69, 9.17) is 14.6 Å². The molecule has 1 fully saturated rings. The van der Waals surface area contributed by atoms with Crippen LogP contribution in [0.1, 0.15) is 64.4 Å². The van der Waals surface area contributed by atoms with Gasteiger partial charge in [0.1, 0.15) is 0 Å². The van der Waals surface area contributed by atoms with Gasteiger partial charge in [-0.1, -0.05) is 31.4 Å². The number of nitrogens with zero attached hydrogens (tertiary/aromatic N) is 2. The zero-order chi connectivity index (χ0) is 20.2. The summed E-state index contributed by atoms with van der Waals surface area (Å²) in [5, 5.41) is 6.83. The number of hydrogen-bond acceptors (Lipinski definition) is 4. The number of benzene rings is 1. The van der Waals surface area contributed by atoms with E-state index in [2.05, 4.69) is 18.2 Å². The highest BCUT2D eigenvalue weighted by atomic mass is 16.5. The lowest BCUT2D eigenvalue weighted by atomic mass is 9.76. The fourth-order valence-electron chi connectivity index (χ4n) is 4.87. The van der Waals surface area contributed by atoms with Gasteiger partial charge in [-0.2, -0.15) is 5.10 Å². The molecule has 3 aliphatic rings. The first kappa shape index (κ1) is 20.0. The van der Waals surface area contributed by atoms with E-state index in [-0.39, 0.29) is 23.8 Å². The quantitative estimate of drug-likeness (QED) is 0.640. The molecule has 1 aliphatic heterocycles. The predicted octanol–water partition coefficient (Wildman–Crippen LogP) is 4.95. The second-order valence-electron chi connectivity index (χ2n) is 8.14. The number of carbonyl (C=O) groups is 1. The number of hydrogen-bond donors (Lipinski definition) is 0. The second kappa shape index (κ2) is 9.02. The topological polar surface area (TPSA) is 51.1 Å². The van der Waals surface area contributed by atoms with Crippen molar-refractivity contribution >= 4 is 11.6 Å².